The average Bonchev–Trinajstić information content (AvgIpc) is 2.08. The summed E-state index contributed by atoms with van der Waals surface area (Å²) in [6.45, 7) is -0.899. The smallest absolute Gasteiger partial charge is 0.121 e. The number of alkyl halides is 1. The van der Waals surface area contributed by atoms with Gasteiger partial charge < -0.3 is 10.2 Å². The highest BCUT2D eigenvalue weighted by atomic mass is 79.9. The van der Waals surface area contributed by atoms with Crippen molar-refractivity contribution in [2.24, 2.45) is 0 Å². The fraction of sp³-hybridized carbons (Fsp3) is 0.250. The summed E-state index contributed by atoms with van der Waals surface area (Å²) in [7, 11) is 0. The lowest BCUT2D eigenvalue weighted by molar-refractivity contribution is 0.138. The summed E-state index contributed by atoms with van der Waals surface area (Å²) in [5.41, 5.74) is 0.201. The van der Waals surface area contributed by atoms with Gasteiger partial charge in [0.2, 0.25) is 0 Å². The quantitative estimate of drug-likeness (QED) is 0.824. The van der Waals surface area contributed by atoms with Gasteiger partial charge in [-0.3, -0.25) is 0 Å². The predicted molar refractivity (Wildman–Crippen MR) is 46.7 cm³/mol. The maximum Gasteiger partial charge on any atom is 0.121 e. The van der Waals surface area contributed by atoms with Gasteiger partial charge in [0.15, 0.2) is 0 Å². The molecule has 0 saturated heterocycles. The zero-order chi connectivity index (χ0) is 9.14. The van der Waals surface area contributed by atoms with Gasteiger partial charge in [0.05, 0.1) is 0 Å². The van der Waals surface area contributed by atoms with E-state index in [1.807, 2.05) is 0 Å². The van der Waals surface area contributed by atoms with Crippen LogP contribution in [0.4, 0.5) is 4.39 Å². The van der Waals surface area contributed by atoms with Crippen LogP contribution >= 0.6 is 15.9 Å². The first-order valence-electron chi connectivity index (χ1n) is 3.37. The fourth-order valence-electron chi connectivity index (χ4n) is 0.875. The maximum atomic E-state index is 12.0. The molecule has 0 aliphatic rings. The Bertz CT molecular complexity index is 278. The summed E-state index contributed by atoms with van der Waals surface area (Å²) >= 11 is 3.15. The van der Waals surface area contributed by atoms with E-state index in [0.717, 1.165) is 0 Å². The minimum absolute atomic E-state index is 0.0941. The molecule has 0 radical (unpaired) electrons. The molecule has 1 aromatic rings. The molecule has 1 rings (SSSR count). The minimum atomic E-state index is -1.25. The Kier molecular flexibility index (Phi) is 3.05. The lowest BCUT2D eigenvalue weighted by Crippen LogP contribution is -1.99. The molecule has 0 aromatic heterocycles. The first-order valence-corrected chi connectivity index (χ1v) is 4.17. The second-order valence-corrected chi connectivity index (χ2v) is 3.29. The second-order valence-electron chi connectivity index (χ2n) is 2.37. The van der Waals surface area contributed by atoms with Crippen molar-refractivity contribution in [1.29, 1.82) is 0 Å². The molecule has 0 heterocycles. The number of hydrogen-bond donors (Lipinski definition) is 2. The molecule has 0 spiro atoms. The number of phenolic OH excluding ortho intramolecular Hbond substituents is 1. The van der Waals surface area contributed by atoms with Crippen molar-refractivity contribution in [3.8, 4) is 5.75 Å². The standard InChI is InChI=1S/C8H8BrFO2/c9-5-1-2-7(11)6(3-5)8(12)4-10/h1-3,8,11-12H,4H2. The Morgan fingerprint density at radius 2 is 2.17 bits per heavy atom. The minimum Gasteiger partial charge on any atom is -0.508 e. The number of rotatable bonds is 2. The summed E-state index contributed by atoms with van der Waals surface area (Å²) in [6, 6.07) is 4.50. The van der Waals surface area contributed by atoms with E-state index < -0.39 is 12.8 Å². The van der Waals surface area contributed by atoms with E-state index in [4.69, 9.17) is 5.11 Å². The third-order valence-corrected chi connectivity index (χ3v) is 1.99. The van der Waals surface area contributed by atoms with Crippen LogP contribution in [-0.2, 0) is 0 Å². The Morgan fingerprint density at radius 1 is 1.50 bits per heavy atom. The normalized spacial score (nSPS) is 12.9. The zero-order valence-corrected chi connectivity index (χ0v) is 7.75. The predicted octanol–water partition coefficient (Wildman–Crippen LogP) is 2.16. The first-order chi connectivity index (χ1) is 5.65. The van der Waals surface area contributed by atoms with Crippen molar-refractivity contribution in [3.05, 3.63) is 28.2 Å². The lowest BCUT2D eigenvalue weighted by atomic mass is 10.1. The number of halogens is 2. The molecule has 0 amide bonds. The molecule has 0 fully saturated rings. The van der Waals surface area contributed by atoms with Crippen LogP contribution in [0.2, 0.25) is 0 Å². The van der Waals surface area contributed by atoms with Gasteiger partial charge in [0, 0.05) is 10.0 Å². The fourth-order valence-corrected chi connectivity index (χ4v) is 1.25. The van der Waals surface area contributed by atoms with Crippen molar-refractivity contribution in [2.45, 2.75) is 6.10 Å². The number of phenols is 1. The summed E-state index contributed by atoms with van der Waals surface area (Å²) in [5, 5.41) is 18.3. The van der Waals surface area contributed by atoms with Gasteiger partial charge in [0.25, 0.3) is 0 Å². The molecule has 1 atom stereocenters. The third-order valence-electron chi connectivity index (χ3n) is 1.49. The monoisotopic (exact) mass is 234 g/mol. The summed E-state index contributed by atoms with van der Waals surface area (Å²) < 4.78 is 12.7. The van der Waals surface area contributed by atoms with E-state index in [-0.39, 0.29) is 11.3 Å². The molecular formula is C8H8BrFO2. The molecular weight excluding hydrogens is 227 g/mol. The first kappa shape index (κ1) is 9.48. The van der Waals surface area contributed by atoms with E-state index in [1.165, 1.54) is 12.1 Å². The Labute approximate surface area is 77.8 Å². The van der Waals surface area contributed by atoms with Crippen LogP contribution in [-0.4, -0.2) is 16.9 Å². The van der Waals surface area contributed by atoms with Gasteiger partial charge in [-0.1, -0.05) is 15.9 Å². The van der Waals surface area contributed by atoms with Crippen molar-refractivity contribution in [3.63, 3.8) is 0 Å². The van der Waals surface area contributed by atoms with E-state index in [9.17, 15) is 9.50 Å². The van der Waals surface area contributed by atoms with Crippen molar-refractivity contribution < 1.29 is 14.6 Å². The molecule has 1 aromatic carbocycles. The number of aliphatic hydroxyl groups is 1. The van der Waals surface area contributed by atoms with Gasteiger partial charge in [-0.2, -0.15) is 0 Å². The molecule has 0 aliphatic heterocycles. The topological polar surface area (TPSA) is 40.5 Å². The highest BCUT2D eigenvalue weighted by Crippen LogP contribution is 2.27. The van der Waals surface area contributed by atoms with Gasteiger partial charge in [0.1, 0.15) is 18.5 Å². The van der Waals surface area contributed by atoms with E-state index in [1.54, 1.807) is 6.07 Å². The molecule has 0 aliphatic carbocycles. The van der Waals surface area contributed by atoms with Crippen molar-refractivity contribution in [2.75, 3.05) is 6.67 Å². The SMILES string of the molecule is Oc1ccc(Br)cc1C(O)CF. The van der Waals surface area contributed by atoms with Crippen molar-refractivity contribution in [1.82, 2.24) is 0 Å². The lowest BCUT2D eigenvalue weighted by Gasteiger charge is -2.08. The van der Waals surface area contributed by atoms with Crippen LogP contribution in [0.3, 0.4) is 0 Å². The maximum absolute atomic E-state index is 12.0. The average molecular weight is 235 g/mol. The largest absolute Gasteiger partial charge is 0.508 e. The molecule has 12 heavy (non-hydrogen) atoms. The Balaban J connectivity index is 3.04. The van der Waals surface area contributed by atoms with Gasteiger partial charge in [-0.25, -0.2) is 4.39 Å². The molecule has 1 unspecified atom stereocenters. The summed E-state index contributed by atoms with van der Waals surface area (Å²) in [4.78, 5) is 0. The molecule has 4 heteroatoms. The number of hydrogen-bond acceptors (Lipinski definition) is 2. The van der Waals surface area contributed by atoms with Crippen LogP contribution in [0.25, 0.3) is 0 Å². The highest BCUT2D eigenvalue weighted by Gasteiger charge is 2.11. The zero-order valence-electron chi connectivity index (χ0n) is 6.17. The van der Waals surface area contributed by atoms with Crippen LogP contribution < -0.4 is 0 Å². The van der Waals surface area contributed by atoms with E-state index in [2.05, 4.69) is 15.9 Å². The Hall–Kier alpha value is -0.610. The molecule has 2 N–H and O–H groups in total. The summed E-state index contributed by atoms with van der Waals surface area (Å²) in [6.07, 6.45) is -1.25. The molecule has 0 saturated carbocycles. The van der Waals surface area contributed by atoms with Crippen LogP contribution in [0.5, 0.6) is 5.75 Å². The van der Waals surface area contributed by atoms with E-state index in [0.29, 0.717) is 4.47 Å². The number of benzene rings is 1. The Morgan fingerprint density at radius 3 is 2.75 bits per heavy atom. The number of aromatic hydroxyl groups is 1. The number of aliphatic hydroxyl groups excluding tert-OH is 1. The van der Waals surface area contributed by atoms with Crippen LogP contribution in [0, 0.1) is 0 Å². The van der Waals surface area contributed by atoms with Gasteiger partial charge >= 0.3 is 0 Å². The van der Waals surface area contributed by atoms with Gasteiger partial charge in [-0.15, -0.1) is 0 Å². The molecule has 0 bridgehead atoms. The van der Waals surface area contributed by atoms with E-state index >= 15 is 0 Å². The second kappa shape index (κ2) is 3.87. The van der Waals surface area contributed by atoms with Crippen LogP contribution in [0.15, 0.2) is 22.7 Å². The third kappa shape index (κ3) is 1.95. The van der Waals surface area contributed by atoms with Crippen molar-refractivity contribution >= 4 is 15.9 Å². The van der Waals surface area contributed by atoms with Crippen LogP contribution in [0.1, 0.15) is 11.7 Å². The highest BCUT2D eigenvalue weighted by molar-refractivity contribution is 9.10. The molecule has 2 nitrogen and oxygen atoms in total. The summed E-state index contributed by atoms with van der Waals surface area (Å²) in [5.74, 6) is -0.0941. The molecule has 66 valence electrons. The van der Waals surface area contributed by atoms with Gasteiger partial charge in [-0.05, 0) is 18.2 Å².